The quantitative estimate of drug-likeness (QED) is 0.255. The molecule has 4 rings (SSSR count). The highest BCUT2D eigenvalue weighted by atomic mass is 32.2. The molecule has 4 aromatic rings. The Morgan fingerprint density at radius 2 is 1.94 bits per heavy atom. The number of amides is 1. The first-order chi connectivity index (χ1) is 15.0. The number of benzene rings is 3. The van der Waals surface area contributed by atoms with Crippen molar-refractivity contribution in [2.75, 3.05) is 18.2 Å². The van der Waals surface area contributed by atoms with E-state index in [1.807, 2.05) is 42.5 Å². The molecule has 0 aliphatic carbocycles. The first-order valence-corrected chi connectivity index (χ1v) is 10.1. The van der Waals surface area contributed by atoms with Crippen LogP contribution in [0.3, 0.4) is 0 Å². The zero-order chi connectivity index (χ0) is 21.8. The Bertz CT molecular complexity index is 1270. The number of methoxy groups -OCH3 is 1. The predicted molar refractivity (Wildman–Crippen MR) is 116 cm³/mol. The number of anilines is 1. The van der Waals surface area contributed by atoms with Gasteiger partial charge in [0, 0.05) is 17.7 Å². The van der Waals surface area contributed by atoms with Crippen LogP contribution in [0.15, 0.2) is 70.3 Å². The van der Waals surface area contributed by atoms with Crippen LogP contribution in [0, 0.1) is 10.1 Å². The summed E-state index contributed by atoms with van der Waals surface area (Å²) in [6.45, 7) is 0. The molecule has 0 aliphatic heterocycles. The number of non-ortho nitro benzene ring substituents is 1. The number of nitro groups is 1. The number of carbonyl (C=O) groups is 1. The van der Waals surface area contributed by atoms with Crippen LogP contribution in [0.5, 0.6) is 5.75 Å². The van der Waals surface area contributed by atoms with Crippen molar-refractivity contribution in [1.82, 2.24) is 10.2 Å². The molecule has 1 heterocycles. The number of aromatic nitrogens is 2. The van der Waals surface area contributed by atoms with Gasteiger partial charge in [-0.15, -0.1) is 10.2 Å². The molecule has 1 amide bonds. The summed E-state index contributed by atoms with van der Waals surface area (Å²) in [5, 5.41) is 24.0. The zero-order valence-electron chi connectivity index (χ0n) is 16.3. The van der Waals surface area contributed by atoms with E-state index >= 15 is 0 Å². The molecule has 0 fully saturated rings. The van der Waals surface area contributed by atoms with Crippen LogP contribution >= 0.6 is 11.8 Å². The fourth-order valence-corrected chi connectivity index (χ4v) is 3.49. The summed E-state index contributed by atoms with van der Waals surface area (Å²) in [7, 11) is 1.42. The minimum Gasteiger partial charge on any atom is -0.495 e. The number of hydrogen-bond acceptors (Lipinski definition) is 8. The molecule has 0 bridgehead atoms. The van der Waals surface area contributed by atoms with E-state index in [0.29, 0.717) is 11.6 Å². The Morgan fingerprint density at radius 1 is 1.13 bits per heavy atom. The number of thioether (sulfide) groups is 1. The first kappa shape index (κ1) is 20.4. The molecule has 3 aromatic carbocycles. The summed E-state index contributed by atoms with van der Waals surface area (Å²) in [5.41, 5.74) is 0.842. The van der Waals surface area contributed by atoms with Gasteiger partial charge in [-0.3, -0.25) is 14.9 Å². The average molecular weight is 436 g/mol. The Hall–Kier alpha value is -3.92. The lowest BCUT2D eigenvalue weighted by molar-refractivity contribution is -0.384. The van der Waals surface area contributed by atoms with Crippen molar-refractivity contribution >= 4 is 39.8 Å². The van der Waals surface area contributed by atoms with Crippen LogP contribution < -0.4 is 10.1 Å². The molecule has 0 saturated carbocycles. The van der Waals surface area contributed by atoms with Gasteiger partial charge in [-0.25, -0.2) is 0 Å². The fourth-order valence-electron chi connectivity index (χ4n) is 2.93. The van der Waals surface area contributed by atoms with E-state index in [4.69, 9.17) is 9.15 Å². The van der Waals surface area contributed by atoms with Crippen LogP contribution in [0.1, 0.15) is 0 Å². The van der Waals surface area contributed by atoms with E-state index in [9.17, 15) is 14.9 Å². The smallest absolute Gasteiger partial charge is 0.277 e. The Balaban J connectivity index is 1.42. The molecular weight excluding hydrogens is 420 g/mol. The van der Waals surface area contributed by atoms with Crippen LogP contribution in [0.2, 0.25) is 0 Å². The largest absolute Gasteiger partial charge is 0.495 e. The van der Waals surface area contributed by atoms with Crippen molar-refractivity contribution in [3.8, 4) is 17.2 Å². The van der Waals surface area contributed by atoms with Gasteiger partial charge in [0.1, 0.15) is 5.75 Å². The van der Waals surface area contributed by atoms with Crippen LogP contribution in [0.4, 0.5) is 11.4 Å². The number of nitro benzene ring substituents is 1. The van der Waals surface area contributed by atoms with E-state index in [2.05, 4.69) is 15.5 Å². The SMILES string of the molecule is COc1ccc([N+](=O)[O-])cc1NC(=O)CSc1nnc(-c2ccc3ccccc3c2)o1. The van der Waals surface area contributed by atoms with Crippen LogP contribution in [-0.4, -0.2) is 33.9 Å². The monoisotopic (exact) mass is 436 g/mol. The molecule has 156 valence electrons. The molecule has 0 atom stereocenters. The van der Waals surface area contributed by atoms with E-state index in [1.54, 1.807) is 0 Å². The molecule has 9 nitrogen and oxygen atoms in total. The lowest BCUT2D eigenvalue weighted by Gasteiger charge is -2.09. The van der Waals surface area contributed by atoms with Gasteiger partial charge in [0.15, 0.2) is 0 Å². The van der Waals surface area contributed by atoms with Gasteiger partial charge in [0.05, 0.1) is 23.5 Å². The van der Waals surface area contributed by atoms with Crippen LogP contribution in [-0.2, 0) is 4.79 Å². The highest BCUT2D eigenvalue weighted by molar-refractivity contribution is 7.99. The number of carbonyl (C=O) groups excluding carboxylic acids is 1. The summed E-state index contributed by atoms with van der Waals surface area (Å²) in [6, 6.07) is 17.7. The molecule has 0 saturated heterocycles. The molecule has 31 heavy (non-hydrogen) atoms. The van der Waals surface area contributed by atoms with Crippen molar-refractivity contribution in [2.24, 2.45) is 0 Å². The van der Waals surface area contributed by atoms with Crippen molar-refractivity contribution in [1.29, 1.82) is 0 Å². The maximum absolute atomic E-state index is 12.3. The second-order valence-corrected chi connectivity index (χ2v) is 7.34. The molecule has 10 heteroatoms. The van der Waals surface area contributed by atoms with Gasteiger partial charge in [-0.2, -0.15) is 0 Å². The molecule has 0 aliphatic rings. The van der Waals surface area contributed by atoms with Crippen molar-refractivity contribution in [3.63, 3.8) is 0 Å². The highest BCUT2D eigenvalue weighted by Crippen LogP contribution is 2.30. The van der Waals surface area contributed by atoms with E-state index in [-0.39, 0.29) is 22.4 Å². The number of rotatable bonds is 7. The maximum atomic E-state index is 12.3. The first-order valence-electron chi connectivity index (χ1n) is 9.11. The Morgan fingerprint density at radius 3 is 2.71 bits per heavy atom. The number of nitrogens with one attached hydrogen (secondary N) is 1. The standard InChI is InChI=1S/C21H16N4O5S/c1-29-18-9-8-16(25(27)28)11-17(18)22-19(26)12-31-21-24-23-20(30-21)15-7-6-13-4-2-3-5-14(13)10-15/h2-11H,12H2,1H3,(H,22,26). The van der Waals surface area contributed by atoms with Crippen molar-refractivity contribution in [2.45, 2.75) is 5.22 Å². The van der Waals surface area contributed by atoms with E-state index in [1.165, 1.54) is 25.3 Å². The third kappa shape index (κ3) is 4.64. The zero-order valence-corrected chi connectivity index (χ0v) is 17.1. The van der Waals surface area contributed by atoms with Gasteiger partial charge >= 0.3 is 0 Å². The molecule has 0 radical (unpaired) electrons. The summed E-state index contributed by atoms with van der Waals surface area (Å²) in [5.74, 6) is 0.258. The van der Waals surface area contributed by atoms with Gasteiger partial charge in [0.2, 0.25) is 11.8 Å². The van der Waals surface area contributed by atoms with Crippen molar-refractivity contribution < 1.29 is 18.9 Å². The minimum atomic E-state index is -0.545. The maximum Gasteiger partial charge on any atom is 0.277 e. The number of fused-ring (bicyclic) bond motifs is 1. The summed E-state index contributed by atoms with van der Waals surface area (Å²) >= 11 is 1.06. The van der Waals surface area contributed by atoms with E-state index < -0.39 is 10.8 Å². The normalized spacial score (nSPS) is 10.7. The summed E-state index contributed by atoms with van der Waals surface area (Å²) in [4.78, 5) is 22.7. The number of ether oxygens (including phenoxy) is 1. The highest BCUT2D eigenvalue weighted by Gasteiger charge is 2.16. The Kier molecular flexibility index (Phi) is 5.80. The molecule has 0 unspecified atom stereocenters. The molecule has 1 aromatic heterocycles. The van der Waals surface area contributed by atoms with Gasteiger partial charge in [0.25, 0.3) is 10.9 Å². The van der Waals surface area contributed by atoms with E-state index in [0.717, 1.165) is 28.1 Å². The van der Waals surface area contributed by atoms with Gasteiger partial charge < -0.3 is 14.5 Å². The molecule has 1 N–H and O–H groups in total. The third-order valence-electron chi connectivity index (χ3n) is 4.40. The minimum absolute atomic E-state index is 0.0226. The lowest BCUT2D eigenvalue weighted by atomic mass is 10.1. The molecular formula is C21H16N4O5S. The predicted octanol–water partition coefficient (Wildman–Crippen LogP) is 4.54. The fraction of sp³-hybridized carbons (Fsp3) is 0.0952. The summed E-state index contributed by atoms with van der Waals surface area (Å²) in [6.07, 6.45) is 0. The number of hydrogen-bond donors (Lipinski definition) is 1. The average Bonchev–Trinajstić information content (AvgIpc) is 3.26. The topological polar surface area (TPSA) is 120 Å². The Labute approximate surface area is 180 Å². The lowest BCUT2D eigenvalue weighted by Crippen LogP contribution is -2.14. The summed E-state index contributed by atoms with van der Waals surface area (Å²) < 4.78 is 10.8. The van der Waals surface area contributed by atoms with Gasteiger partial charge in [-0.05, 0) is 29.0 Å². The van der Waals surface area contributed by atoms with Gasteiger partial charge in [-0.1, -0.05) is 42.1 Å². The molecule has 0 spiro atoms. The number of nitrogens with zero attached hydrogens (tertiary/aromatic N) is 3. The van der Waals surface area contributed by atoms with Crippen molar-refractivity contribution in [3.05, 3.63) is 70.8 Å². The second kappa shape index (κ2) is 8.84. The second-order valence-electron chi connectivity index (χ2n) is 6.41. The third-order valence-corrected chi connectivity index (χ3v) is 5.22. The van der Waals surface area contributed by atoms with Crippen LogP contribution in [0.25, 0.3) is 22.2 Å².